The van der Waals surface area contributed by atoms with Crippen molar-refractivity contribution in [3.8, 4) is 10.6 Å². The highest BCUT2D eigenvalue weighted by molar-refractivity contribution is 7.13. The third-order valence-corrected chi connectivity index (χ3v) is 4.28. The zero-order valence-corrected chi connectivity index (χ0v) is 14.3. The van der Waals surface area contributed by atoms with Gasteiger partial charge in [0.25, 0.3) is 0 Å². The predicted molar refractivity (Wildman–Crippen MR) is 95.1 cm³/mol. The lowest BCUT2D eigenvalue weighted by atomic mass is 9.86. The fourth-order valence-electron chi connectivity index (χ4n) is 2.38. The molecule has 21 heavy (non-hydrogen) atoms. The molecule has 2 heteroatoms. The zero-order valence-electron chi connectivity index (χ0n) is 13.5. The van der Waals surface area contributed by atoms with Gasteiger partial charge in [-0.05, 0) is 33.9 Å². The Bertz CT molecular complexity index is 714. The predicted octanol–water partition coefficient (Wildman–Crippen LogP) is 6.29. The second-order valence-corrected chi connectivity index (χ2v) is 6.71. The molecule has 3 aromatic rings. The van der Waals surface area contributed by atoms with Crippen LogP contribution in [0.3, 0.4) is 0 Å². The first kappa shape index (κ1) is 15.7. The maximum absolute atomic E-state index is 4.63. The standard InChI is InChI=1S/C17H17NS.C2H6/c1-17(2,3)14-9-11-19-16(14)15-13-7-5-4-6-12(13)8-10-18-15;1-2/h4-11H,1-3H3;1-2H3. The van der Waals surface area contributed by atoms with Crippen LogP contribution in [-0.2, 0) is 5.41 Å². The topological polar surface area (TPSA) is 12.9 Å². The Kier molecular flexibility index (Phi) is 4.79. The number of rotatable bonds is 1. The molecule has 0 atom stereocenters. The second kappa shape index (κ2) is 6.40. The van der Waals surface area contributed by atoms with Crippen molar-refractivity contribution in [3.63, 3.8) is 0 Å². The minimum Gasteiger partial charge on any atom is -0.255 e. The van der Waals surface area contributed by atoms with Gasteiger partial charge < -0.3 is 0 Å². The Morgan fingerprint density at radius 3 is 2.38 bits per heavy atom. The molecule has 0 radical (unpaired) electrons. The summed E-state index contributed by atoms with van der Waals surface area (Å²) in [6, 6.07) is 12.8. The van der Waals surface area contributed by atoms with Crippen LogP contribution in [0.15, 0.2) is 48.0 Å². The van der Waals surface area contributed by atoms with Crippen LogP contribution in [0.4, 0.5) is 0 Å². The lowest BCUT2D eigenvalue weighted by Gasteiger charge is -2.19. The molecule has 0 aliphatic rings. The molecule has 0 saturated heterocycles. The third-order valence-electron chi connectivity index (χ3n) is 3.36. The molecule has 0 saturated carbocycles. The summed E-state index contributed by atoms with van der Waals surface area (Å²) in [6.07, 6.45) is 1.91. The van der Waals surface area contributed by atoms with E-state index in [1.165, 1.54) is 21.2 Å². The van der Waals surface area contributed by atoms with Gasteiger partial charge in [0.15, 0.2) is 0 Å². The van der Waals surface area contributed by atoms with Gasteiger partial charge in [-0.2, -0.15) is 0 Å². The molecule has 110 valence electrons. The maximum atomic E-state index is 4.63. The van der Waals surface area contributed by atoms with Gasteiger partial charge in [-0.15, -0.1) is 11.3 Å². The second-order valence-electron chi connectivity index (χ2n) is 5.79. The van der Waals surface area contributed by atoms with E-state index in [0.717, 1.165) is 5.69 Å². The summed E-state index contributed by atoms with van der Waals surface area (Å²) in [5, 5.41) is 4.65. The smallest absolute Gasteiger partial charge is 0.0882 e. The van der Waals surface area contributed by atoms with Crippen molar-refractivity contribution in [1.29, 1.82) is 0 Å². The first-order valence-corrected chi connectivity index (χ1v) is 8.37. The van der Waals surface area contributed by atoms with Crippen LogP contribution in [0.2, 0.25) is 0 Å². The number of hydrogen-bond donors (Lipinski definition) is 0. The van der Waals surface area contributed by atoms with E-state index in [1.54, 1.807) is 11.3 Å². The van der Waals surface area contributed by atoms with Crippen molar-refractivity contribution in [3.05, 3.63) is 53.5 Å². The summed E-state index contributed by atoms with van der Waals surface area (Å²) in [4.78, 5) is 5.93. The molecule has 3 rings (SSSR count). The Hall–Kier alpha value is -1.67. The number of benzene rings is 1. The van der Waals surface area contributed by atoms with Gasteiger partial charge in [0.05, 0.1) is 10.6 Å². The Morgan fingerprint density at radius 2 is 1.67 bits per heavy atom. The number of aromatic nitrogens is 1. The molecular formula is C19H23NS. The molecule has 2 heterocycles. The van der Waals surface area contributed by atoms with Crippen molar-refractivity contribution in [1.82, 2.24) is 4.98 Å². The fraction of sp³-hybridized carbons (Fsp3) is 0.316. The maximum Gasteiger partial charge on any atom is 0.0882 e. The summed E-state index contributed by atoms with van der Waals surface area (Å²) < 4.78 is 0. The van der Waals surface area contributed by atoms with Crippen molar-refractivity contribution in [2.75, 3.05) is 0 Å². The van der Waals surface area contributed by atoms with E-state index in [1.807, 2.05) is 20.0 Å². The van der Waals surface area contributed by atoms with Crippen LogP contribution in [-0.4, -0.2) is 4.98 Å². The first-order valence-electron chi connectivity index (χ1n) is 7.49. The molecule has 2 aromatic heterocycles. The van der Waals surface area contributed by atoms with E-state index >= 15 is 0 Å². The van der Waals surface area contributed by atoms with Crippen LogP contribution in [0, 0.1) is 0 Å². The molecule has 0 bridgehead atoms. The lowest BCUT2D eigenvalue weighted by molar-refractivity contribution is 0.594. The summed E-state index contributed by atoms with van der Waals surface area (Å²) in [7, 11) is 0. The largest absolute Gasteiger partial charge is 0.255 e. The van der Waals surface area contributed by atoms with Crippen LogP contribution >= 0.6 is 11.3 Å². The summed E-state index contributed by atoms with van der Waals surface area (Å²) in [5.41, 5.74) is 2.63. The molecule has 0 fully saturated rings. The molecule has 0 aliphatic heterocycles. The van der Waals surface area contributed by atoms with E-state index in [2.05, 4.69) is 67.5 Å². The quantitative estimate of drug-likeness (QED) is 0.514. The van der Waals surface area contributed by atoms with Gasteiger partial charge in [-0.1, -0.05) is 58.9 Å². The number of thiophene rings is 1. The van der Waals surface area contributed by atoms with Crippen molar-refractivity contribution in [2.24, 2.45) is 0 Å². The Balaban J connectivity index is 0.000000774. The molecule has 0 spiro atoms. The highest BCUT2D eigenvalue weighted by Crippen LogP contribution is 2.38. The first-order chi connectivity index (χ1) is 10.1. The molecule has 0 aliphatic carbocycles. The lowest BCUT2D eigenvalue weighted by Crippen LogP contribution is -2.11. The van der Waals surface area contributed by atoms with E-state index in [9.17, 15) is 0 Å². The normalized spacial score (nSPS) is 11.1. The highest BCUT2D eigenvalue weighted by atomic mass is 32.1. The van der Waals surface area contributed by atoms with Crippen molar-refractivity contribution >= 4 is 22.1 Å². The van der Waals surface area contributed by atoms with Crippen LogP contribution in [0.1, 0.15) is 40.2 Å². The minimum atomic E-state index is 0.147. The molecule has 0 amide bonds. The molecule has 1 aromatic carbocycles. The SMILES string of the molecule is CC.CC(C)(C)c1ccsc1-c1nccc2ccccc12. The van der Waals surface area contributed by atoms with E-state index in [-0.39, 0.29) is 5.41 Å². The van der Waals surface area contributed by atoms with Crippen molar-refractivity contribution in [2.45, 2.75) is 40.0 Å². The van der Waals surface area contributed by atoms with E-state index in [4.69, 9.17) is 0 Å². The third kappa shape index (κ3) is 3.16. The van der Waals surface area contributed by atoms with Gasteiger partial charge in [0.2, 0.25) is 0 Å². The fourth-order valence-corrected chi connectivity index (χ4v) is 3.50. The minimum absolute atomic E-state index is 0.147. The van der Waals surface area contributed by atoms with Crippen LogP contribution in [0.5, 0.6) is 0 Å². The Labute approximate surface area is 131 Å². The van der Waals surface area contributed by atoms with Gasteiger partial charge in [0, 0.05) is 11.6 Å². The number of nitrogens with zero attached hydrogens (tertiary/aromatic N) is 1. The van der Waals surface area contributed by atoms with Gasteiger partial charge in [-0.25, -0.2) is 0 Å². The van der Waals surface area contributed by atoms with Gasteiger partial charge >= 0.3 is 0 Å². The zero-order chi connectivity index (χ0) is 15.5. The highest BCUT2D eigenvalue weighted by Gasteiger charge is 2.21. The van der Waals surface area contributed by atoms with E-state index < -0.39 is 0 Å². The summed E-state index contributed by atoms with van der Waals surface area (Å²) >= 11 is 1.78. The molecule has 1 nitrogen and oxygen atoms in total. The summed E-state index contributed by atoms with van der Waals surface area (Å²) in [5.74, 6) is 0. The molecular weight excluding hydrogens is 274 g/mol. The molecule has 0 N–H and O–H groups in total. The number of fused-ring (bicyclic) bond motifs is 1. The van der Waals surface area contributed by atoms with Gasteiger partial charge in [-0.3, -0.25) is 4.98 Å². The molecule has 0 unspecified atom stereocenters. The summed E-state index contributed by atoms with van der Waals surface area (Å²) in [6.45, 7) is 10.8. The monoisotopic (exact) mass is 297 g/mol. The van der Waals surface area contributed by atoms with Crippen LogP contribution < -0.4 is 0 Å². The number of hydrogen-bond acceptors (Lipinski definition) is 2. The number of pyridine rings is 1. The Morgan fingerprint density at radius 1 is 0.952 bits per heavy atom. The average molecular weight is 297 g/mol. The van der Waals surface area contributed by atoms with E-state index in [0.29, 0.717) is 0 Å². The van der Waals surface area contributed by atoms with Gasteiger partial charge in [0.1, 0.15) is 0 Å². The van der Waals surface area contributed by atoms with Crippen molar-refractivity contribution < 1.29 is 0 Å². The average Bonchev–Trinajstić information content (AvgIpc) is 2.98. The van der Waals surface area contributed by atoms with Crippen LogP contribution in [0.25, 0.3) is 21.3 Å².